The maximum absolute atomic E-state index is 12.8. The molecule has 1 N–H and O–H groups in total. The largest absolute Gasteiger partial charge is 0.317 e. The number of hydrogen-bond donors (Lipinski definition) is 1. The Morgan fingerprint density at radius 3 is 1.57 bits per heavy atom. The molecular formula is C38H41ClN4O4S2. The van der Waals surface area contributed by atoms with E-state index in [1.807, 2.05) is 50.5 Å². The van der Waals surface area contributed by atoms with Crippen molar-refractivity contribution < 1.29 is 16.8 Å². The van der Waals surface area contributed by atoms with Crippen LogP contribution in [-0.2, 0) is 29.9 Å². The lowest BCUT2D eigenvalue weighted by Crippen LogP contribution is -2.44. The van der Waals surface area contributed by atoms with Crippen LogP contribution in [0.25, 0.3) is 12.2 Å². The summed E-state index contributed by atoms with van der Waals surface area (Å²) in [5.41, 5.74) is 7.08. The van der Waals surface area contributed by atoms with E-state index in [0.29, 0.717) is 18.0 Å². The smallest absolute Gasteiger partial charge is 0.261 e. The Balaban J connectivity index is 0.000000141. The molecule has 256 valence electrons. The molecule has 0 radical (unpaired) electrons. The number of fused-ring (bicyclic) bond motifs is 4. The van der Waals surface area contributed by atoms with E-state index in [-0.39, 0.29) is 15.7 Å². The first-order valence-corrected chi connectivity index (χ1v) is 20.3. The van der Waals surface area contributed by atoms with Gasteiger partial charge in [-0.05, 0) is 100 Å². The van der Waals surface area contributed by atoms with E-state index in [0.717, 1.165) is 48.3 Å². The monoisotopic (exact) mass is 716 g/mol. The fraction of sp³-hybridized carbons (Fsp3) is 0.316. The van der Waals surface area contributed by atoms with Crippen molar-refractivity contribution in [2.75, 3.05) is 26.2 Å². The van der Waals surface area contributed by atoms with Gasteiger partial charge in [-0.15, -0.1) is 0 Å². The quantitative estimate of drug-likeness (QED) is 0.233. The van der Waals surface area contributed by atoms with E-state index in [4.69, 9.17) is 10.7 Å². The minimum atomic E-state index is -3.55. The molecule has 11 heteroatoms. The average Bonchev–Trinajstić information content (AvgIpc) is 3.64. The molecule has 2 aromatic heterocycles. The minimum absolute atomic E-state index is 0.101. The second-order valence-electron chi connectivity index (χ2n) is 13.1. The molecule has 2 aromatic carbocycles. The van der Waals surface area contributed by atoms with Crippen molar-refractivity contribution in [3.63, 3.8) is 0 Å². The third kappa shape index (κ3) is 7.59. The van der Waals surface area contributed by atoms with Crippen LogP contribution in [0.3, 0.4) is 0 Å². The Morgan fingerprint density at radius 2 is 1.10 bits per heavy atom. The number of rotatable bonds is 3. The van der Waals surface area contributed by atoms with E-state index in [1.165, 1.54) is 36.2 Å². The summed E-state index contributed by atoms with van der Waals surface area (Å²) < 4.78 is 48.7. The molecule has 4 heterocycles. The SMILES string of the molecule is C1=CC2(CCNCC2)c2ncccc21.Cc1ccc(S(=O)(=O)Cl)cc1.Cc1ccc(S(=O)(=O)N2CCC3(C=Cc4cccnc43)CC2)cc1. The predicted molar refractivity (Wildman–Crippen MR) is 195 cm³/mol. The molecule has 2 aliphatic carbocycles. The highest BCUT2D eigenvalue weighted by atomic mass is 35.7. The predicted octanol–water partition coefficient (Wildman–Crippen LogP) is 6.79. The van der Waals surface area contributed by atoms with Crippen molar-refractivity contribution in [2.45, 2.75) is 60.2 Å². The number of aryl methyl sites for hydroxylation is 2. The van der Waals surface area contributed by atoms with Crippen LogP contribution >= 0.6 is 10.7 Å². The normalized spacial score (nSPS) is 18.6. The Labute approximate surface area is 294 Å². The number of pyridine rings is 2. The molecule has 0 atom stereocenters. The summed E-state index contributed by atoms with van der Waals surface area (Å²) in [7, 11) is -1.88. The molecule has 2 saturated heterocycles. The van der Waals surface area contributed by atoms with Crippen LogP contribution in [-0.4, -0.2) is 57.3 Å². The topological polar surface area (TPSA) is 109 Å². The maximum atomic E-state index is 12.8. The number of allylic oxidation sites excluding steroid dienone is 2. The van der Waals surface area contributed by atoms with Crippen LogP contribution < -0.4 is 5.32 Å². The van der Waals surface area contributed by atoms with Crippen molar-refractivity contribution >= 4 is 41.9 Å². The van der Waals surface area contributed by atoms with E-state index in [2.05, 4.69) is 51.7 Å². The number of halogens is 1. The molecule has 0 unspecified atom stereocenters. The van der Waals surface area contributed by atoms with Gasteiger partial charge in [-0.25, -0.2) is 16.8 Å². The summed E-state index contributed by atoms with van der Waals surface area (Å²) in [6.07, 6.45) is 16.6. The van der Waals surface area contributed by atoms with Gasteiger partial charge < -0.3 is 5.32 Å². The number of nitrogens with one attached hydrogen (secondary N) is 1. The van der Waals surface area contributed by atoms with E-state index in [1.54, 1.807) is 28.6 Å². The fourth-order valence-corrected chi connectivity index (χ4v) is 9.17. The van der Waals surface area contributed by atoms with Gasteiger partial charge in [-0.3, -0.25) is 9.97 Å². The first-order chi connectivity index (χ1) is 23.4. The second kappa shape index (κ2) is 14.3. The first-order valence-electron chi connectivity index (χ1n) is 16.5. The maximum Gasteiger partial charge on any atom is 0.261 e. The van der Waals surface area contributed by atoms with E-state index < -0.39 is 19.1 Å². The lowest BCUT2D eigenvalue weighted by atomic mass is 9.78. The van der Waals surface area contributed by atoms with Crippen molar-refractivity contribution in [3.8, 4) is 0 Å². The number of nitrogens with zero attached hydrogens (tertiary/aromatic N) is 3. The van der Waals surface area contributed by atoms with Crippen molar-refractivity contribution in [1.29, 1.82) is 0 Å². The number of benzene rings is 2. The molecule has 0 amide bonds. The van der Waals surface area contributed by atoms with Gasteiger partial charge >= 0.3 is 0 Å². The van der Waals surface area contributed by atoms with Crippen LogP contribution in [0, 0.1) is 13.8 Å². The van der Waals surface area contributed by atoms with Gasteiger partial charge in [0, 0.05) is 47.0 Å². The summed E-state index contributed by atoms with van der Waals surface area (Å²) in [5, 5.41) is 3.41. The Kier molecular flexibility index (Phi) is 10.3. The molecule has 2 aliphatic heterocycles. The molecule has 8 rings (SSSR count). The van der Waals surface area contributed by atoms with Gasteiger partial charge in [0.05, 0.1) is 21.2 Å². The highest BCUT2D eigenvalue weighted by molar-refractivity contribution is 8.13. The van der Waals surface area contributed by atoms with Gasteiger partial charge in [0.25, 0.3) is 9.05 Å². The molecule has 49 heavy (non-hydrogen) atoms. The molecule has 4 aliphatic rings. The fourth-order valence-electron chi connectivity index (χ4n) is 6.96. The summed E-state index contributed by atoms with van der Waals surface area (Å²) in [5.74, 6) is 0. The summed E-state index contributed by atoms with van der Waals surface area (Å²) >= 11 is 0. The zero-order valence-corrected chi connectivity index (χ0v) is 30.1. The summed E-state index contributed by atoms with van der Waals surface area (Å²) in [4.78, 5) is 9.63. The van der Waals surface area contributed by atoms with Crippen LogP contribution in [0.4, 0.5) is 0 Å². The minimum Gasteiger partial charge on any atom is -0.317 e. The Morgan fingerprint density at radius 1 is 0.653 bits per heavy atom. The average molecular weight is 717 g/mol. The number of hydrogen-bond acceptors (Lipinski definition) is 7. The van der Waals surface area contributed by atoms with Gasteiger partial charge in [0.15, 0.2) is 0 Å². The Hall–Kier alpha value is -3.67. The second-order valence-corrected chi connectivity index (χ2v) is 17.6. The lowest BCUT2D eigenvalue weighted by molar-refractivity contribution is 0.271. The summed E-state index contributed by atoms with van der Waals surface area (Å²) in [6.45, 7) is 7.11. The molecule has 0 saturated carbocycles. The highest BCUT2D eigenvalue weighted by Crippen LogP contribution is 2.43. The van der Waals surface area contributed by atoms with Crippen molar-refractivity contribution in [1.82, 2.24) is 19.6 Å². The van der Waals surface area contributed by atoms with Gasteiger partial charge in [0.2, 0.25) is 10.0 Å². The first kappa shape index (κ1) is 35.2. The molecule has 2 spiro atoms. The van der Waals surface area contributed by atoms with Gasteiger partial charge in [-0.1, -0.05) is 71.8 Å². The van der Waals surface area contributed by atoms with Gasteiger partial charge in [0.1, 0.15) is 0 Å². The van der Waals surface area contributed by atoms with Crippen LogP contribution in [0.2, 0.25) is 0 Å². The van der Waals surface area contributed by atoms with Crippen LogP contribution in [0.15, 0.2) is 107 Å². The molecular weight excluding hydrogens is 676 g/mol. The lowest BCUT2D eigenvalue weighted by Gasteiger charge is -2.37. The third-order valence-electron chi connectivity index (χ3n) is 9.86. The third-order valence-corrected chi connectivity index (χ3v) is 13.1. The van der Waals surface area contributed by atoms with Gasteiger partial charge in [-0.2, -0.15) is 4.31 Å². The molecule has 4 aromatic rings. The Bertz CT molecular complexity index is 2070. The van der Waals surface area contributed by atoms with Crippen LogP contribution in [0.5, 0.6) is 0 Å². The zero-order chi connectivity index (χ0) is 34.7. The zero-order valence-electron chi connectivity index (χ0n) is 27.7. The van der Waals surface area contributed by atoms with E-state index >= 15 is 0 Å². The highest BCUT2D eigenvalue weighted by Gasteiger charge is 2.42. The number of piperidine rings is 2. The number of sulfonamides is 1. The van der Waals surface area contributed by atoms with Crippen LogP contribution in [0.1, 0.15) is 59.3 Å². The van der Waals surface area contributed by atoms with Crippen molar-refractivity contribution in [2.24, 2.45) is 0 Å². The molecule has 8 nitrogen and oxygen atoms in total. The number of aromatic nitrogens is 2. The van der Waals surface area contributed by atoms with E-state index in [9.17, 15) is 16.8 Å². The standard InChI is InChI=1S/C19H20N2O2S.C12H14N2.C7H7ClO2S/c1-15-4-6-17(7-5-15)24(22,23)21-13-10-19(11-14-21)9-8-16-3-2-12-20-18(16)19;1-2-10-3-4-12(11(10)14-7-1)5-8-13-9-6-12;1-6-2-4-7(5-3-6)11(8,9)10/h2-9,12H,10-11,13-14H2,1H3;1-4,7,13H,5-6,8-9H2;2-5H,1H3. The molecule has 0 bridgehead atoms. The summed E-state index contributed by atoms with van der Waals surface area (Å²) in [6, 6.07) is 21.7. The van der Waals surface area contributed by atoms with Crippen molar-refractivity contribution in [3.05, 3.63) is 131 Å². The molecule has 2 fully saturated rings.